The maximum Gasteiger partial charge on any atom is 0.160 e. The Balaban J connectivity index is 1.54. The topological polar surface area (TPSA) is 76.7 Å². The Morgan fingerprint density at radius 3 is 2.34 bits per heavy atom. The summed E-state index contributed by atoms with van der Waals surface area (Å²) in [6.07, 6.45) is 5.67. The highest BCUT2D eigenvalue weighted by Gasteiger charge is 2.19. The third-order valence-electron chi connectivity index (χ3n) is 5.85. The summed E-state index contributed by atoms with van der Waals surface area (Å²) >= 11 is 0. The molecule has 7 heteroatoms. The van der Waals surface area contributed by atoms with E-state index < -0.39 is 0 Å². The van der Waals surface area contributed by atoms with Gasteiger partial charge in [0, 0.05) is 66.3 Å². The quantitative estimate of drug-likeness (QED) is 0.564. The molecule has 4 heterocycles. The largest absolute Gasteiger partial charge is 0.369 e. The number of anilines is 1. The molecule has 4 aromatic rings. The van der Waals surface area contributed by atoms with E-state index in [9.17, 15) is 0 Å². The summed E-state index contributed by atoms with van der Waals surface area (Å²) < 4.78 is 0. The molecule has 0 amide bonds. The van der Waals surface area contributed by atoms with E-state index in [0.29, 0.717) is 0 Å². The van der Waals surface area contributed by atoms with Gasteiger partial charge in [0.25, 0.3) is 0 Å². The van der Waals surface area contributed by atoms with Gasteiger partial charge in [-0.25, -0.2) is 0 Å². The van der Waals surface area contributed by atoms with Crippen LogP contribution in [0.2, 0.25) is 0 Å². The number of rotatable bonds is 3. The van der Waals surface area contributed by atoms with Gasteiger partial charge in [-0.1, -0.05) is 0 Å². The molecular weight excluding hydrogens is 362 g/mol. The fraction of sp³-hybridized carbons (Fsp3) is 0.318. The Hall–Kier alpha value is -3.19. The van der Waals surface area contributed by atoms with Crippen molar-refractivity contribution in [1.29, 1.82) is 0 Å². The molecule has 5 rings (SSSR count). The molecule has 1 aliphatic heterocycles. The molecule has 0 saturated carbocycles. The molecule has 0 unspecified atom stereocenters. The third-order valence-corrected chi connectivity index (χ3v) is 5.85. The van der Waals surface area contributed by atoms with Gasteiger partial charge in [0.2, 0.25) is 0 Å². The number of benzene rings is 1. The highest BCUT2D eigenvalue weighted by molar-refractivity contribution is 5.94. The van der Waals surface area contributed by atoms with Crippen molar-refractivity contribution < 1.29 is 0 Å². The third kappa shape index (κ3) is 3.17. The molecular formula is C22H25N7. The fourth-order valence-electron chi connectivity index (χ4n) is 4.33. The Bertz CT molecular complexity index is 1130. The highest BCUT2D eigenvalue weighted by Crippen LogP contribution is 2.33. The van der Waals surface area contributed by atoms with E-state index in [-0.39, 0.29) is 0 Å². The second-order valence-electron chi connectivity index (χ2n) is 7.93. The van der Waals surface area contributed by atoms with E-state index >= 15 is 0 Å². The zero-order valence-corrected chi connectivity index (χ0v) is 17.0. The van der Waals surface area contributed by atoms with E-state index in [1.807, 2.05) is 18.6 Å². The standard InChI is InChI=1S/C22H25N7/c1-14-8-16(9-15(2)21(14)29-6-4-28(3)5-7-29)20-10-18-19(17-11-24-25-12-17)13-23-22(18)27-26-20/h8-13H,4-7H2,1-3H3,(H,23,27)(H,24,25). The minimum Gasteiger partial charge on any atom is -0.369 e. The first-order chi connectivity index (χ1) is 14.1. The highest BCUT2D eigenvalue weighted by atomic mass is 15.2. The van der Waals surface area contributed by atoms with Gasteiger partial charge in [-0.05, 0) is 50.2 Å². The first-order valence-electron chi connectivity index (χ1n) is 9.99. The van der Waals surface area contributed by atoms with Crippen LogP contribution in [-0.2, 0) is 0 Å². The molecule has 3 aromatic heterocycles. The van der Waals surface area contributed by atoms with E-state index in [0.717, 1.165) is 59.6 Å². The zero-order chi connectivity index (χ0) is 20.0. The first-order valence-corrected chi connectivity index (χ1v) is 9.99. The average molecular weight is 387 g/mol. The lowest BCUT2D eigenvalue weighted by Gasteiger charge is -2.36. The smallest absolute Gasteiger partial charge is 0.160 e. The minimum absolute atomic E-state index is 0.785. The summed E-state index contributed by atoms with van der Waals surface area (Å²) in [6, 6.07) is 6.59. The Kier molecular flexibility index (Phi) is 4.32. The number of H-pyrrole nitrogens is 2. The van der Waals surface area contributed by atoms with Gasteiger partial charge < -0.3 is 14.8 Å². The van der Waals surface area contributed by atoms with Gasteiger partial charge >= 0.3 is 0 Å². The van der Waals surface area contributed by atoms with Crippen LogP contribution in [0, 0.1) is 13.8 Å². The van der Waals surface area contributed by atoms with Crippen LogP contribution in [0.1, 0.15) is 11.1 Å². The molecule has 7 nitrogen and oxygen atoms in total. The van der Waals surface area contributed by atoms with Crippen LogP contribution in [0.5, 0.6) is 0 Å². The van der Waals surface area contributed by atoms with Crippen LogP contribution in [-0.4, -0.2) is 63.5 Å². The van der Waals surface area contributed by atoms with Crippen LogP contribution in [0.15, 0.2) is 36.8 Å². The summed E-state index contributed by atoms with van der Waals surface area (Å²) in [5.74, 6) is 0. The second-order valence-corrected chi connectivity index (χ2v) is 7.93. The van der Waals surface area contributed by atoms with E-state index in [4.69, 9.17) is 0 Å². The van der Waals surface area contributed by atoms with Crippen molar-refractivity contribution in [3.05, 3.63) is 47.9 Å². The zero-order valence-electron chi connectivity index (χ0n) is 17.0. The lowest BCUT2D eigenvalue weighted by Crippen LogP contribution is -2.45. The van der Waals surface area contributed by atoms with Crippen molar-refractivity contribution in [3.8, 4) is 22.4 Å². The monoisotopic (exact) mass is 387 g/mol. The number of piperazine rings is 1. The summed E-state index contributed by atoms with van der Waals surface area (Å²) in [7, 11) is 2.19. The maximum absolute atomic E-state index is 4.48. The van der Waals surface area contributed by atoms with Gasteiger partial charge in [-0.3, -0.25) is 5.10 Å². The maximum atomic E-state index is 4.48. The Labute approximate surface area is 169 Å². The second kappa shape index (κ2) is 7.00. The SMILES string of the molecule is Cc1cc(-c2cc3c(-c4cn[nH]c4)c[nH]c3nn2)cc(C)c1N1CCN(C)CC1. The van der Waals surface area contributed by atoms with Crippen molar-refractivity contribution >= 4 is 16.7 Å². The number of hydrogen-bond donors (Lipinski definition) is 2. The molecule has 0 bridgehead atoms. The Morgan fingerprint density at radius 2 is 1.66 bits per heavy atom. The van der Waals surface area contributed by atoms with Crippen LogP contribution >= 0.6 is 0 Å². The van der Waals surface area contributed by atoms with Crippen LogP contribution in [0.3, 0.4) is 0 Å². The molecule has 1 fully saturated rings. The molecule has 1 saturated heterocycles. The molecule has 0 radical (unpaired) electrons. The number of aromatic amines is 2. The average Bonchev–Trinajstić information content (AvgIpc) is 3.37. The summed E-state index contributed by atoms with van der Waals surface area (Å²) in [5.41, 5.74) is 8.82. The van der Waals surface area contributed by atoms with Crippen LogP contribution < -0.4 is 4.90 Å². The summed E-state index contributed by atoms with van der Waals surface area (Å²) in [4.78, 5) is 8.10. The molecule has 1 aliphatic rings. The van der Waals surface area contributed by atoms with Crippen molar-refractivity contribution in [3.63, 3.8) is 0 Å². The van der Waals surface area contributed by atoms with Gasteiger partial charge in [0.15, 0.2) is 5.65 Å². The number of hydrogen-bond acceptors (Lipinski definition) is 5. The number of nitrogens with one attached hydrogen (secondary N) is 2. The number of aryl methyl sites for hydroxylation is 2. The molecule has 1 aromatic carbocycles. The first kappa shape index (κ1) is 17.9. The lowest BCUT2D eigenvalue weighted by molar-refractivity contribution is 0.312. The van der Waals surface area contributed by atoms with Crippen LogP contribution in [0.4, 0.5) is 5.69 Å². The van der Waals surface area contributed by atoms with E-state index in [1.165, 1.54) is 16.8 Å². The predicted molar refractivity (Wildman–Crippen MR) is 116 cm³/mol. The molecule has 0 atom stereocenters. The van der Waals surface area contributed by atoms with Gasteiger partial charge in [0.1, 0.15) is 0 Å². The lowest BCUT2D eigenvalue weighted by atomic mass is 10.00. The van der Waals surface area contributed by atoms with Crippen molar-refractivity contribution in [2.45, 2.75) is 13.8 Å². The van der Waals surface area contributed by atoms with Gasteiger partial charge in [-0.15, -0.1) is 10.2 Å². The number of aromatic nitrogens is 5. The van der Waals surface area contributed by atoms with E-state index in [1.54, 1.807) is 0 Å². The summed E-state index contributed by atoms with van der Waals surface area (Å²) in [5, 5.41) is 16.9. The number of likely N-dealkylation sites (N-methyl/N-ethyl adjacent to an activating group) is 1. The molecule has 2 N–H and O–H groups in total. The fourth-order valence-corrected chi connectivity index (χ4v) is 4.33. The normalized spacial score (nSPS) is 15.3. The van der Waals surface area contributed by atoms with Crippen molar-refractivity contribution in [1.82, 2.24) is 30.3 Å². The van der Waals surface area contributed by atoms with Gasteiger partial charge in [-0.2, -0.15) is 5.10 Å². The number of fused-ring (bicyclic) bond motifs is 1. The molecule has 148 valence electrons. The van der Waals surface area contributed by atoms with E-state index in [2.05, 4.69) is 74.3 Å². The van der Waals surface area contributed by atoms with Gasteiger partial charge in [0.05, 0.1) is 11.9 Å². The Morgan fingerprint density at radius 1 is 0.897 bits per heavy atom. The summed E-state index contributed by atoms with van der Waals surface area (Å²) in [6.45, 7) is 8.74. The predicted octanol–water partition coefficient (Wildman–Crippen LogP) is 3.38. The van der Waals surface area contributed by atoms with Crippen molar-refractivity contribution in [2.24, 2.45) is 0 Å². The number of nitrogens with zero attached hydrogens (tertiary/aromatic N) is 5. The molecule has 0 spiro atoms. The molecule has 0 aliphatic carbocycles. The minimum atomic E-state index is 0.785. The van der Waals surface area contributed by atoms with Crippen molar-refractivity contribution in [2.75, 3.05) is 38.1 Å². The molecule has 29 heavy (non-hydrogen) atoms. The van der Waals surface area contributed by atoms with Crippen LogP contribution in [0.25, 0.3) is 33.4 Å².